The van der Waals surface area contributed by atoms with Crippen LogP contribution in [0.4, 0.5) is 0 Å². The number of fused-ring (bicyclic) bond motifs is 1. The second-order valence-electron chi connectivity index (χ2n) is 8.26. The molecule has 0 amide bonds. The molecule has 3 heterocycles. The first-order valence-corrected chi connectivity index (χ1v) is 9.74. The van der Waals surface area contributed by atoms with Gasteiger partial charge in [-0.25, -0.2) is 4.79 Å². The molecule has 0 spiro atoms. The molecule has 0 radical (unpaired) electrons. The van der Waals surface area contributed by atoms with Gasteiger partial charge in [-0.15, -0.1) is 5.92 Å². The minimum atomic E-state index is -0.822. The highest BCUT2D eigenvalue weighted by molar-refractivity contribution is 5.89. The molecule has 0 bridgehead atoms. The zero-order valence-electron chi connectivity index (χ0n) is 17.3. The van der Waals surface area contributed by atoms with Gasteiger partial charge in [0, 0.05) is 5.56 Å². The largest absolute Gasteiger partial charge is 0.453 e. The molecular weight excluding hydrogens is 376 g/mol. The van der Waals surface area contributed by atoms with E-state index in [-0.39, 0.29) is 0 Å². The van der Waals surface area contributed by atoms with Gasteiger partial charge in [0.2, 0.25) is 0 Å². The number of ether oxygens (including phenoxy) is 6. The molecule has 0 N–H and O–H groups in total. The molecule has 156 valence electrons. The average Bonchev–Trinajstić information content (AvgIpc) is 3.26. The van der Waals surface area contributed by atoms with Crippen LogP contribution in [0.3, 0.4) is 0 Å². The van der Waals surface area contributed by atoms with Gasteiger partial charge in [-0.3, -0.25) is 0 Å². The Morgan fingerprint density at radius 3 is 2.38 bits per heavy atom. The van der Waals surface area contributed by atoms with Crippen molar-refractivity contribution in [1.82, 2.24) is 0 Å². The Morgan fingerprint density at radius 2 is 1.76 bits per heavy atom. The molecule has 3 fully saturated rings. The van der Waals surface area contributed by atoms with Crippen LogP contribution in [0.2, 0.25) is 0 Å². The van der Waals surface area contributed by atoms with Gasteiger partial charge in [-0.1, -0.05) is 5.92 Å². The maximum absolute atomic E-state index is 12.8. The van der Waals surface area contributed by atoms with Crippen LogP contribution in [0, 0.1) is 11.8 Å². The lowest BCUT2D eigenvalue weighted by molar-refractivity contribution is -0.232. The number of carbonyl (C=O) groups excluding carboxylic acids is 1. The lowest BCUT2D eigenvalue weighted by atomic mass is 10.1. The molecule has 0 aliphatic carbocycles. The number of hydrogen-bond acceptors (Lipinski definition) is 7. The van der Waals surface area contributed by atoms with E-state index in [0.717, 1.165) is 5.56 Å². The third-order valence-electron chi connectivity index (χ3n) is 5.06. The average molecular weight is 402 g/mol. The summed E-state index contributed by atoms with van der Waals surface area (Å²) in [5.74, 6) is 3.77. The molecule has 5 atom stereocenters. The normalized spacial score (nSPS) is 34.3. The summed E-state index contributed by atoms with van der Waals surface area (Å²) in [6.45, 7) is 9.36. The van der Waals surface area contributed by atoms with E-state index in [4.69, 9.17) is 28.4 Å². The van der Waals surface area contributed by atoms with Gasteiger partial charge >= 0.3 is 5.97 Å². The van der Waals surface area contributed by atoms with E-state index in [1.54, 1.807) is 45.0 Å². The third-order valence-corrected chi connectivity index (χ3v) is 5.06. The van der Waals surface area contributed by atoms with Crippen molar-refractivity contribution in [3.8, 4) is 11.8 Å². The highest BCUT2D eigenvalue weighted by atomic mass is 16.8. The first kappa shape index (κ1) is 20.3. The summed E-state index contributed by atoms with van der Waals surface area (Å²) in [7, 11) is 0. The SMILES string of the molecule is CC#Cc1ccc(C(=O)O[C@@H]2[C@@H]3OC(C)(C)O[C@@H]3O[C@H]2[C@H]2COC(C)(C)O2)cc1. The molecule has 1 aromatic carbocycles. The van der Waals surface area contributed by atoms with Crippen LogP contribution in [-0.4, -0.2) is 54.9 Å². The van der Waals surface area contributed by atoms with Crippen molar-refractivity contribution < 1.29 is 33.2 Å². The van der Waals surface area contributed by atoms with Crippen molar-refractivity contribution in [1.29, 1.82) is 0 Å². The Morgan fingerprint density at radius 1 is 1.03 bits per heavy atom. The van der Waals surface area contributed by atoms with Gasteiger partial charge < -0.3 is 28.4 Å². The fourth-order valence-electron chi connectivity index (χ4n) is 3.84. The second-order valence-corrected chi connectivity index (χ2v) is 8.26. The van der Waals surface area contributed by atoms with Crippen molar-refractivity contribution in [3.63, 3.8) is 0 Å². The summed E-state index contributed by atoms with van der Waals surface area (Å²) in [6, 6.07) is 6.96. The summed E-state index contributed by atoms with van der Waals surface area (Å²) in [4.78, 5) is 12.8. The predicted molar refractivity (Wildman–Crippen MR) is 102 cm³/mol. The van der Waals surface area contributed by atoms with E-state index in [0.29, 0.717) is 12.2 Å². The molecule has 3 aliphatic rings. The van der Waals surface area contributed by atoms with E-state index in [1.165, 1.54) is 0 Å². The number of rotatable bonds is 3. The third kappa shape index (κ3) is 4.18. The van der Waals surface area contributed by atoms with E-state index < -0.39 is 48.2 Å². The molecule has 0 saturated carbocycles. The van der Waals surface area contributed by atoms with Crippen molar-refractivity contribution in [2.24, 2.45) is 0 Å². The van der Waals surface area contributed by atoms with Crippen LogP contribution in [-0.2, 0) is 28.4 Å². The van der Waals surface area contributed by atoms with E-state index in [2.05, 4.69) is 11.8 Å². The van der Waals surface area contributed by atoms with E-state index in [1.807, 2.05) is 13.8 Å². The van der Waals surface area contributed by atoms with Crippen molar-refractivity contribution >= 4 is 5.97 Å². The smallest absolute Gasteiger partial charge is 0.338 e. The standard InChI is InChI=1S/C22H26O7/c1-6-7-13-8-10-14(11-9-13)19(23)25-17-16(15-12-24-21(2,3)27-15)26-20-18(17)28-22(4,5)29-20/h8-11,15-18,20H,12H2,1-5H3/t15-,16+,17+,18+,20+/m1/s1. The summed E-state index contributed by atoms with van der Waals surface area (Å²) >= 11 is 0. The van der Waals surface area contributed by atoms with Gasteiger partial charge in [-0.2, -0.15) is 0 Å². The fraction of sp³-hybridized carbons (Fsp3) is 0.591. The van der Waals surface area contributed by atoms with Gasteiger partial charge in [0.1, 0.15) is 12.2 Å². The van der Waals surface area contributed by atoms with Crippen LogP contribution in [0.5, 0.6) is 0 Å². The molecule has 3 aliphatic heterocycles. The number of benzene rings is 1. The van der Waals surface area contributed by atoms with Gasteiger partial charge in [0.25, 0.3) is 0 Å². The Kier molecular flexibility index (Phi) is 5.18. The van der Waals surface area contributed by atoms with Crippen LogP contribution >= 0.6 is 0 Å². The second kappa shape index (κ2) is 7.38. The molecule has 0 aromatic heterocycles. The minimum absolute atomic E-state index is 0.332. The molecular formula is C22H26O7. The summed E-state index contributed by atoms with van der Waals surface area (Å²) in [6.07, 6.45) is -2.83. The molecule has 29 heavy (non-hydrogen) atoms. The number of hydrogen-bond donors (Lipinski definition) is 0. The molecule has 4 rings (SSSR count). The predicted octanol–water partition coefficient (Wildman–Crippen LogP) is 2.61. The summed E-state index contributed by atoms with van der Waals surface area (Å²) in [5, 5.41) is 0. The zero-order valence-corrected chi connectivity index (χ0v) is 17.3. The van der Waals surface area contributed by atoms with E-state index >= 15 is 0 Å². The maximum Gasteiger partial charge on any atom is 0.338 e. The highest BCUT2D eigenvalue weighted by Gasteiger charge is 2.60. The monoisotopic (exact) mass is 402 g/mol. The molecule has 7 nitrogen and oxygen atoms in total. The fourth-order valence-corrected chi connectivity index (χ4v) is 3.84. The van der Waals surface area contributed by atoms with Crippen molar-refractivity contribution in [2.75, 3.05) is 6.61 Å². The van der Waals surface area contributed by atoms with Crippen molar-refractivity contribution in [2.45, 2.75) is 76.9 Å². The van der Waals surface area contributed by atoms with Gasteiger partial charge in [0.15, 0.2) is 30.1 Å². The lowest BCUT2D eigenvalue weighted by Crippen LogP contribution is -2.45. The van der Waals surface area contributed by atoms with Gasteiger partial charge in [-0.05, 0) is 58.9 Å². The lowest BCUT2D eigenvalue weighted by Gasteiger charge is -2.28. The Bertz CT molecular complexity index is 833. The summed E-state index contributed by atoms with van der Waals surface area (Å²) < 4.78 is 35.3. The topological polar surface area (TPSA) is 72.5 Å². The minimum Gasteiger partial charge on any atom is -0.453 e. The first-order chi connectivity index (χ1) is 13.7. The van der Waals surface area contributed by atoms with Crippen LogP contribution in [0.15, 0.2) is 24.3 Å². The molecule has 1 aromatic rings. The maximum atomic E-state index is 12.8. The quantitative estimate of drug-likeness (QED) is 0.568. The van der Waals surface area contributed by atoms with Crippen LogP contribution in [0.1, 0.15) is 50.5 Å². The molecule has 3 saturated heterocycles. The van der Waals surface area contributed by atoms with E-state index in [9.17, 15) is 4.79 Å². The highest BCUT2D eigenvalue weighted by Crippen LogP contribution is 2.42. The Balaban J connectivity index is 1.53. The Labute approximate surface area is 170 Å². The Hall–Kier alpha value is -1.95. The van der Waals surface area contributed by atoms with Gasteiger partial charge in [0.05, 0.1) is 12.2 Å². The number of carbonyl (C=O) groups is 1. The first-order valence-electron chi connectivity index (χ1n) is 9.74. The molecule has 0 unspecified atom stereocenters. The van der Waals surface area contributed by atoms with Crippen LogP contribution in [0.25, 0.3) is 0 Å². The summed E-state index contributed by atoms with van der Waals surface area (Å²) in [5.41, 5.74) is 1.26. The zero-order chi connectivity index (χ0) is 20.8. The van der Waals surface area contributed by atoms with Crippen molar-refractivity contribution in [3.05, 3.63) is 35.4 Å². The molecule has 7 heteroatoms. The number of esters is 1. The van der Waals surface area contributed by atoms with Crippen LogP contribution < -0.4 is 0 Å².